The number of hydrogen-bond acceptors (Lipinski definition) is 5. The fourth-order valence-corrected chi connectivity index (χ4v) is 5.63. The maximum atomic E-state index is 14.0. The normalized spacial score (nSPS) is 12.8. The summed E-state index contributed by atoms with van der Waals surface area (Å²) in [5, 5.41) is 3.46. The first-order valence-corrected chi connectivity index (χ1v) is 14.9. The molecule has 2 amide bonds. The van der Waals surface area contributed by atoms with Gasteiger partial charge < -0.3 is 15.0 Å². The van der Waals surface area contributed by atoms with Crippen LogP contribution in [0.4, 0.5) is 5.69 Å². The van der Waals surface area contributed by atoms with Gasteiger partial charge in [0.2, 0.25) is 11.8 Å². The lowest BCUT2D eigenvalue weighted by Gasteiger charge is -2.33. The molecule has 0 aliphatic rings. The predicted molar refractivity (Wildman–Crippen MR) is 158 cm³/mol. The van der Waals surface area contributed by atoms with Gasteiger partial charge in [0, 0.05) is 17.6 Å². The van der Waals surface area contributed by atoms with Crippen LogP contribution in [-0.2, 0) is 26.2 Å². The summed E-state index contributed by atoms with van der Waals surface area (Å²) in [4.78, 5) is 28.6. The Labute approximate surface area is 241 Å². The minimum absolute atomic E-state index is 0.0261. The molecule has 0 aliphatic heterocycles. The van der Waals surface area contributed by atoms with E-state index in [0.29, 0.717) is 10.8 Å². The number of halogens is 1. The number of nitrogens with zero attached hydrogens (tertiary/aromatic N) is 2. The van der Waals surface area contributed by atoms with Crippen molar-refractivity contribution < 1.29 is 22.7 Å². The molecule has 8 nitrogen and oxygen atoms in total. The molecule has 3 aromatic carbocycles. The van der Waals surface area contributed by atoms with Crippen LogP contribution in [0.25, 0.3) is 0 Å². The zero-order valence-corrected chi connectivity index (χ0v) is 25.0. The van der Waals surface area contributed by atoms with Crippen molar-refractivity contribution in [3.63, 3.8) is 0 Å². The highest BCUT2D eigenvalue weighted by molar-refractivity contribution is 7.92. The molecule has 0 bridgehead atoms. The third-order valence-electron chi connectivity index (χ3n) is 6.65. The highest BCUT2D eigenvalue weighted by Gasteiger charge is 2.34. The van der Waals surface area contributed by atoms with Crippen molar-refractivity contribution in [1.82, 2.24) is 10.2 Å². The molecule has 1 N–H and O–H groups in total. The summed E-state index contributed by atoms with van der Waals surface area (Å²) >= 11 is 6.05. The molecule has 0 aromatic heterocycles. The lowest BCUT2D eigenvalue weighted by atomic mass is 10.1. The maximum absolute atomic E-state index is 14.0. The smallest absolute Gasteiger partial charge is 0.264 e. The van der Waals surface area contributed by atoms with Gasteiger partial charge in [-0.2, -0.15) is 0 Å². The molecule has 0 radical (unpaired) electrons. The molecule has 10 heteroatoms. The third-order valence-corrected chi connectivity index (χ3v) is 8.67. The van der Waals surface area contributed by atoms with Gasteiger partial charge in [0.1, 0.15) is 18.3 Å². The van der Waals surface area contributed by atoms with E-state index in [1.54, 1.807) is 67.6 Å². The standard InChI is InChI=1S/C30H36ClN3O5S/c1-6-22(3)32-30(36)23(4)33(19-24-13-15-25(31)16-14-24)29(35)20-34(27-18-21(2)12-17-28(27)39-5)40(37,38)26-10-8-7-9-11-26/h7-18,22-23H,6,19-20H2,1-5H3,(H,32,36)/t22-,23+/m0/s1. The lowest BCUT2D eigenvalue weighted by molar-refractivity contribution is -0.139. The quantitative estimate of drug-likeness (QED) is 0.316. The summed E-state index contributed by atoms with van der Waals surface area (Å²) in [6, 6.07) is 19.0. The van der Waals surface area contributed by atoms with E-state index in [2.05, 4.69) is 5.32 Å². The number of methoxy groups -OCH3 is 1. The Kier molecular flexibility index (Phi) is 10.6. The summed E-state index contributed by atoms with van der Waals surface area (Å²) < 4.78 is 34.5. The van der Waals surface area contributed by atoms with Gasteiger partial charge in [-0.25, -0.2) is 8.42 Å². The van der Waals surface area contributed by atoms with Gasteiger partial charge in [-0.3, -0.25) is 13.9 Å². The Hall–Kier alpha value is -3.56. The average Bonchev–Trinajstić information content (AvgIpc) is 2.95. The molecular formula is C30H36ClN3O5S. The number of ether oxygens (including phenoxy) is 1. The van der Waals surface area contributed by atoms with Crippen LogP contribution in [0, 0.1) is 6.92 Å². The Balaban J connectivity index is 2.08. The number of sulfonamides is 1. The fraction of sp³-hybridized carbons (Fsp3) is 0.333. The number of hydrogen-bond donors (Lipinski definition) is 1. The molecule has 0 aliphatic carbocycles. The summed E-state index contributed by atoms with van der Waals surface area (Å²) in [6.07, 6.45) is 0.722. The number of benzene rings is 3. The van der Waals surface area contributed by atoms with Gasteiger partial charge in [-0.15, -0.1) is 0 Å². The van der Waals surface area contributed by atoms with Crippen molar-refractivity contribution >= 4 is 39.1 Å². The minimum atomic E-state index is -4.19. The van der Waals surface area contributed by atoms with E-state index < -0.39 is 28.5 Å². The Morgan fingerprint density at radius 1 is 1.00 bits per heavy atom. The van der Waals surface area contributed by atoms with E-state index >= 15 is 0 Å². The van der Waals surface area contributed by atoms with Crippen molar-refractivity contribution in [3.8, 4) is 5.75 Å². The summed E-state index contributed by atoms with van der Waals surface area (Å²) in [6.45, 7) is 6.82. The first-order chi connectivity index (χ1) is 19.0. The molecule has 214 valence electrons. The van der Waals surface area contributed by atoms with E-state index in [9.17, 15) is 18.0 Å². The Bertz CT molecular complexity index is 1420. The minimum Gasteiger partial charge on any atom is -0.495 e. The molecule has 0 fully saturated rings. The van der Waals surface area contributed by atoms with Gasteiger partial charge in [0.25, 0.3) is 10.0 Å². The van der Waals surface area contributed by atoms with Crippen molar-refractivity contribution in [2.45, 2.75) is 57.6 Å². The van der Waals surface area contributed by atoms with E-state index in [4.69, 9.17) is 16.3 Å². The molecule has 0 saturated carbocycles. The number of amides is 2. The van der Waals surface area contributed by atoms with Gasteiger partial charge in [0.15, 0.2) is 0 Å². The van der Waals surface area contributed by atoms with Gasteiger partial charge in [-0.1, -0.05) is 54.9 Å². The summed E-state index contributed by atoms with van der Waals surface area (Å²) in [7, 11) is -2.75. The van der Waals surface area contributed by atoms with Crippen LogP contribution in [0.1, 0.15) is 38.3 Å². The lowest BCUT2D eigenvalue weighted by Crippen LogP contribution is -2.52. The number of anilines is 1. The molecule has 3 aromatic rings. The van der Waals surface area contributed by atoms with Crippen LogP contribution in [0.2, 0.25) is 5.02 Å². The Morgan fingerprint density at radius 3 is 2.25 bits per heavy atom. The summed E-state index contributed by atoms with van der Waals surface area (Å²) in [5.74, 6) is -0.586. The predicted octanol–water partition coefficient (Wildman–Crippen LogP) is 5.18. The van der Waals surface area contributed by atoms with E-state index in [-0.39, 0.29) is 29.1 Å². The maximum Gasteiger partial charge on any atom is 0.264 e. The average molecular weight is 586 g/mol. The van der Waals surface area contributed by atoms with E-state index in [0.717, 1.165) is 21.9 Å². The zero-order chi connectivity index (χ0) is 29.4. The van der Waals surface area contributed by atoms with Crippen LogP contribution in [-0.4, -0.2) is 50.9 Å². The molecule has 2 atom stereocenters. The fourth-order valence-electron chi connectivity index (χ4n) is 4.06. The number of carbonyl (C=O) groups excluding carboxylic acids is 2. The molecule has 3 rings (SSSR count). The molecule has 0 heterocycles. The molecule has 0 saturated heterocycles. The zero-order valence-electron chi connectivity index (χ0n) is 23.4. The summed E-state index contributed by atoms with van der Waals surface area (Å²) in [5.41, 5.74) is 1.75. The van der Waals surface area contributed by atoms with Crippen LogP contribution >= 0.6 is 11.6 Å². The molecular weight excluding hydrogens is 550 g/mol. The van der Waals surface area contributed by atoms with E-state index in [1.165, 1.54) is 24.1 Å². The SMILES string of the molecule is CC[C@H](C)NC(=O)[C@@H](C)N(Cc1ccc(Cl)cc1)C(=O)CN(c1cc(C)ccc1OC)S(=O)(=O)c1ccccc1. The second-order valence-electron chi connectivity index (χ2n) is 9.64. The van der Waals surface area contributed by atoms with Crippen LogP contribution in [0.5, 0.6) is 5.75 Å². The number of nitrogens with one attached hydrogen (secondary N) is 1. The molecule has 40 heavy (non-hydrogen) atoms. The number of rotatable bonds is 12. The topological polar surface area (TPSA) is 96.0 Å². The first-order valence-electron chi connectivity index (χ1n) is 13.0. The van der Waals surface area contributed by atoms with Crippen molar-refractivity contribution in [2.24, 2.45) is 0 Å². The highest BCUT2D eigenvalue weighted by atomic mass is 35.5. The van der Waals surface area contributed by atoms with Crippen LogP contribution < -0.4 is 14.4 Å². The molecule has 0 spiro atoms. The van der Waals surface area contributed by atoms with Crippen molar-refractivity contribution in [1.29, 1.82) is 0 Å². The largest absolute Gasteiger partial charge is 0.495 e. The van der Waals surface area contributed by atoms with Crippen LogP contribution in [0.15, 0.2) is 77.7 Å². The monoisotopic (exact) mass is 585 g/mol. The number of carbonyl (C=O) groups is 2. The highest BCUT2D eigenvalue weighted by Crippen LogP contribution is 2.33. The second kappa shape index (κ2) is 13.7. The number of aryl methyl sites for hydroxylation is 1. The van der Waals surface area contributed by atoms with Gasteiger partial charge in [-0.05, 0) is 74.7 Å². The van der Waals surface area contributed by atoms with Crippen molar-refractivity contribution in [3.05, 3.63) is 88.9 Å². The first kappa shape index (κ1) is 31.0. The second-order valence-corrected chi connectivity index (χ2v) is 11.9. The van der Waals surface area contributed by atoms with E-state index in [1.807, 2.05) is 20.8 Å². The van der Waals surface area contributed by atoms with Crippen molar-refractivity contribution in [2.75, 3.05) is 18.0 Å². The Morgan fingerprint density at radius 2 is 1.65 bits per heavy atom. The molecule has 0 unspecified atom stereocenters. The third kappa shape index (κ3) is 7.55. The van der Waals surface area contributed by atoms with Gasteiger partial charge >= 0.3 is 0 Å². The van der Waals surface area contributed by atoms with Gasteiger partial charge in [0.05, 0.1) is 17.7 Å². The van der Waals surface area contributed by atoms with Crippen LogP contribution in [0.3, 0.4) is 0 Å².